The fourth-order valence-corrected chi connectivity index (χ4v) is 3.03. The summed E-state index contributed by atoms with van der Waals surface area (Å²) in [5.41, 5.74) is 1.20. The van der Waals surface area contributed by atoms with E-state index in [9.17, 15) is 5.11 Å². The lowest BCUT2D eigenvalue weighted by Gasteiger charge is -2.34. The molecule has 4 heteroatoms. The van der Waals surface area contributed by atoms with Gasteiger partial charge in [0.05, 0.1) is 0 Å². The molecule has 0 radical (unpaired) electrons. The molecule has 22 heavy (non-hydrogen) atoms. The largest absolute Gasteiger partial charge is 0.491 e. The Morgan fingerprint density at radius 1 is 1.23 bits per heavy atom. The molecular weight excluding hydrogens is 298 g/mol. The van der Waals surface area contributed by atoms with Gasteiger partial charge in [-0.05, 0) is 56.4 Å². The molecule has 0 saturated carbocycles. The molecule has 0 amide bonds. The van der Waals surface area contributed by atoms with E-state index < -0.39 is 6.10 Å². The van der Waals surface area contributed by atoms with Crippen molar-refractivity contribution < 1.29 is 9.84 Å². The predicted octanol–water partition coefficient (Wildman–Crippen LogP) is 4.19. The summed E-state index contributed by atoms with van der Waals surface area (Å²) < 4.78 is 5.67. The third-order valence-corrected chi connectivity index (χ3v) is 3.59. The Labute approximate surface area is 140 Å². The van der Waals surface area contributed by atoms with Gasteiger partial charge < -0.3 is 15.2 Å². The van der Waals surface area contributed by atoms with Crippen molar-refractivity contribution in [1.29, 1.82) is 0 Å². The molecule has 0 saturated heterocycles. The maximum Gasteiger partial charge on any atom is 0.122 e. The van der Waals surface area contributed by atoms with Crippen molar-refractivity contribution in [3.63, 3.8) is 0 Å². The lowest BCUT2D eigenvalue weighted by Crippen LogP contribution is -2.46. The first-order valence-corrected chi connectivity index (χ1v) is 8.18. The first kappa shape index (κ1) is 19.3. The van der Waals surface area contributed by atoms with Crippen LogP contribution in [-0.4, -0.2) is 29.9 Å². The summed E-state index contributed by atoms with van der Waals surface area (Å²) in [5, 5.41) is 14.2. The Bertz CT molecular complexity index is 480. The zero-order chi connectivity index (χ0) is 17.0. The molecule has 1 rings (SSSR count). The number of β-amino-alcohol motifs (C(OH)–C–C–N with tert-alkyl or cyclic N) is 1. The van der Waals surface area contributed by atoms with Crippen LogP contribution in [0.2, 0.25) is 5.02 Å². The summed E-state index contributed by atoms with van der Waals surface area (Å²) in [6, 6.07) is 5.48. The first-order chi connectivity index (χ1) is 9.98. The highest BCUT2D eigenvalue weighted by Crippen LogP contribution is 2.26. The Hall–Kier alpha value is -0.770. The molecule has 1 aromatic carbocycles. The van der Waals surface area contributed by atoms with Crippen LogP contribution in [0, 0.1) is 12.3 Å². The van der Waals surface area contributed by atoms with E-state index in [4.69, 9.17) is 16.3 Å². The molecule has 0 unspecified atom stereocenters. The summed E-state index contributed by atoms with van der Waals surface area (Å²) in [7, 11) is 0. The summed E-state index contributed by atoms with van der Waals surface area (Å²) in [4.78, 5) is 0. The van der Waals surface area contributed by atoms with Crippen LogP contribution in [0.1, 0.15) is 46.6 Å². The van der Waals surface area contributed by atoms with Crippen LogP contribution < -0.4 is 10.1 Å². The minimum atomic E-state index is -0.547. The Morgan fingerprint density at radius 2 is 1.86 bits per heavy atom. The zero-order valence-electron chi connectivity index (χ0n) is 14.7. The number of hydrogen-bond donors (Lipinski definition) is 2. The molecule has 3 nitrogen and oxygen atoms in total. The van der Waals surface area contributed by atoms with Crippen molar-refractivity contribution >= 4 is 11.6 Å². The number of nitrogens with one attached hydrogen (secondary N) is 1. The Balaban J connectivity index is 2.42. The van der Waals surface area contributed by atoms with Crippen LogP contribution in [0.5, 0.6) is 5.75 Å². The third-order valence-electron chi connectivity index (χ3n) is 3.36. The van der Waals surface area contributed by atoms with Crippen molar-refractivity contribution in [3.05, 3.63) is 28.8 Å². The minimum Gasteiger partial charge on any atom is -0.491 e. The fraction of sp³-hybridized carbons (Fsp3) is 0.667. The minimum absolute atomic E-state index is 0.0184. The highest BCUT2D eigenvalue weighted by Gasteiger charge is 2.25. The number of aryl methyl sites for hydroxylation is 1. The predicted molar refractivity (Wildman–Crippen MR) is 93.8 cm³/mol. The van der Waals surface area contributed by atoms with Crippen molar-refractivity contribution in [1.82, 2.24) is 5.32 Å². The third kappa shape index (κ3) is 7.48. The van der Waals surface area contributed by atoms with Crippen molar-refractivity contribution in [3.8, 4) is 5.75 Å². The topological polar surface area (TPSA) is 41.5 Å². The zero-order valence-corrected chi connectivity index (χ0v) is 15.4. The summed E-state index contributed by atoms with van der Waals surface area (Å²) >= 11 is 5.92. The van der Waals surface area contributed by atoms with Crippen LogP contribution >= 0.6 is 11.6 Å². The van der Waals surface area contributed by atoms with Crippen LogP contribution in [0.3, 0.4) is 0 Å². The molecule has 1 atom stereocenters. The average Bonchev–Trinajstić information content (AvgIpc) is 2.32. The molecule has 0 aliphatic carbocycles. The van der Waals surface area contributed by atoms with Gasteiger partial charge >= 0.3 is 0 Å². The van der Waals surface area contributed by atoms with Gasteiger partial charge in [-0.15, -0.1) is 0 Å². The number of ether oxygens (including phenoxy) is 1. The van der Waals surface area contributed by atoms with Crippen LogP contribution in [0.15, 0.2) is 18.2 Å². The van der Waals surface area contributed by atoms with Gasteiger partial charge in [0.2, 0.25) is 0 Å². The Morgan fingerprint density at radius 3 is 2.41 bits per heavy atom. The van der Waals surface area contributed by atoms with Crippen molar-refractivity contribution in [2.24, 2.45) is 5.41 Å². The van der Waals surface area contributed by atoms with Crippen LogP contribution in [0.25, 0.3) is 0 Å². The highest BCUT2D eigenvalue weighted by molar-refractivity contribution is 6.30. The van der Waals surface area contributed by atoms with E-state index in [1.807, 2.05) is 19.1 Å². The number of hydrogen-bond acceptors (Lipinski definition) is 3. The number of halogens is 1. The monoisotopic (exact) mass is 327 g/mol. The smallest absolute Gasteiger partial charge is 0.122 e. The molecule has 0 aromatic heterocycles. The SMILES string of the molecule is Cc1cc(Cl)ccc1OC[C@H](O)CNC(C)(C)CC(C)(C)C. The second-order valence-electron chi connectivity index (χ2n) is 7.88. The van der Waals surface area contributed by atoms with E-state index >= 15 is 0 Å². The summed E-state index contributed by atoms with van der Waals surface area (Å²) in [6.45, 7) is 13.7. The molecule has 0 heterocycles. The highest BCUT2D eigenvalue weighted by atomic mass is 35.5. The molecule has 0 bridgehead atoms. The van der Waals surface area contributed by atoms with Gasteiger partial charge in [0, 0.05) is 17.1 Å². The van der Waals surface area contributed by atoms with Crippen LogP contribution in [0.4, 0.5) is 0 Å². The molecule has 0 spiro atoms. The van der Waals surface area contributed by atoms with Gasteiger partial charge in [0.1, 0.15) is 18.5 Å². The average molecular weight is 328 g/mol. The van der Waals surface area contributed by atoms with Gasteiger partial charge in [-0.25, -0.2) is 0 Å². The van der Waals surface area contributed by atoms with Gasteiger partial charge in [-0.1, -0.05) is 32.4 Å². The van der Waals surface area contributed by atoms with Gasteiger partial charge in [0.15, 0.2) is 0 Å². The molecule has 0 aliphatic heterocycles. The lowest BCUT2D eigenvalue weighted by atomic mass is 9.82. The molecule has 0 fully saturated rings. The standard InChI is InChI=1S/C18H30ClNO2/c1-13-9-14(19)7-8-16(13)22-11-15(21)10-20-18(5,6)12-17(2,3)4/h7-9,15,20-21H,10-12H2,1-6H3/t15-/m1/s1. The molecule has 0 aliphatic rings. The van der Waals surface area contributed by atoms with Gasteiger partial charge in [0.25, 0.3) is 0 Å². The summed E-state index contributed by atoms with van der Waals surface area (Å²) in [5.74, 6) is 0.761. The number of benzene rings is 1. The van der Waals surface area contributed by atoms with Crippen molar-refractivity contribution in [2.45, 2.75) is 59.6 Å². The molecular formula is C18H30ClNO2. The van der Waals surface area contributed by atoms with Crippen molar-refractivity contribution in [2.75, 3.05) is 13.2 Å². The number of aliphatic hydroxyl groups excluding tert-OH is 1. The van der Waals surface area contributed by atoms with E-state index in [-0.39, 0.29) is 17.6 Å². The normalized spacial score (nSPS) is 14.0. The lowest BCUT2D eigenvalue weighted by molar-refractivity contribution is 0.0941. The van der Waals surface area contributed by atoms with E-state index in [0.717, 1.165) is 17.7 Å². The van der Waals surface area contributed by atoms with Crippen LogP contribution in [-0.2, 0) is 0 Å². The molecule has 126 valence electrons. The van der Waals surface area contributed by atoms with Gasteiger partial charge in [-0.3, -0.25) is 0 Å². The Kier molecular flexibility index (Phi) is 6.72. The van der Waals surface area contributed by atoms with E-state index in [2.05, 4.69) is 39.9 Å². The van der Waals surface area contributed by atoms with E-state index in [0.29, 0.717) is 11.6 Å². The molecule has 1 aromatic rings. The van der Waals surface area contributed by atoms with E-state index in [1.165, 1.54) is 0 Å². The second-order valence-corrected chi connectivity index (χ2v) is 8.31. The maximum atomic E-state index is 10.1. The first-order valence-electron chi connectivity index (χ1n) is 7.81. The number of aliphatic hydroxyl groups is 1. The van der Waals surface area contributed by atoms with E-state index in [1.54, 1.807) is 6.07 Å². The quantitative estimate of drug-likeness (QED) is 0.789. The number of rotatable bonds is 7. The maximum absolute atomic E-state index is 10.1. The summed E-state index contributed by atoms with van der Waals surface area (Å²) in [6.07, 6.45) is 0.485. The second kappa shape index (κ2) is 7.67. The van der Waals surface area contributed by atoms with Gasteiger partial charge in [-0.2, -0.15) is 0 Å². The fourth-order valence-electron chi connectivity index (χ4n) is 2.80. The molecule has 2 N–H and O–H groups in total.